The fourth-order valence-electron chi connectivity index (χ4n) is 0.936. The van der Waals surface area contributed by atoms with Crippen molar-refractivity contribution in [3.05, 3.63) is 48.2 Å². The fourth-order valence-corrected chi connectivity index (χ4v) is 0.936. The second-order valence-electron chi connectivity index (χ2n) is 2.99. The average Bonchev–Trinajstić information content (AvgIpc) is 2.25. The Morgan fingerprint density at radius 2 is 2.07 bits per heavy atom. The molecule has 0 spiro atoms. The number of nitrogens with one attached hydrogen (secondary N) is 1. The van der Waals surface area contributed by atoms with Crippen molar-refractivity contribution >= 4 is 11.9 Å². The zero-order valence-corrected chi connectivity index (χ0v) is 8.62. The van der Waals surface area contributed by atoms with Gasteiger partial charge in [-0.1, -0.05) is 30.2 Å². The van der Waals surface area contributed by atoms with Crippen molar-refractivity contribution < 1.29 is 0 Å². The summed E-state index contributed by atoms with van der Waals surface area (Å²) in [5, 5.41) is 7.41. The molecule has 0 aromatic heterocycles. The highest BCUT2D eigenvalue weighted by molar-refractivity contribution is 6.37. The minimum absolute atomic E-state index is 0.176. The molecule has 1 aromatic carbocycles. The standard InChI is InChI=1S/C13H12N2/c1-3-15-10-13(14)9-8-12-6-4-11(2)5-7-12/h3-7,10,14H,1H2,2H3. The van der Waals surface area contributed by atoms with Crippen molar-refractivity contribution in [1.29, 1.82) is 5.41 Å². The summed E-state index contributed by atoms with van der Waals surface area (Å²) < 4.78 is 0. The molecule has 0 radical (unpaired) electrons. The normalized spacial score (nSPS) is 9.40. The molecule has 1 aromatic rings. The van der Waals surface area contributed by atoms with Gasteiger partial charge in [0.25, 0.3) is 0 Å². The molecular formula is C13H12N2. The zero-order chi connectivity index (χ0) is 11.1. The Bertz CT molecular complexity index is 442. The van der Waals surface area contributed by atoms with Crippen LogP contribution in [0.3, 0.4) is 0 Å². The second-order valence-corrected chi connectivity index (χ2v) is 2.99. The molecule has 0 saturated heterocycles. The van der Waals surface area contributed by atoms with Crippen LogP contribution in [0.4, 0.5) is 0 Å². The van der Waals surface area contributed by atoms with Gasteiger partial charge in [0.2, 0.25) is 0 Å². The maximum Gasteiger partial charge on any atom is 0.123 e. The van der Waals surface area contributed by atoms with E-state index in [-0.39, 0.29) is 5.71 Å². The molecule has 74 valence electrons. The molecule has 0 aliphatic carbocycles. The largest absolute Gasteiger partial charge is 0.291 e. The van der Waals surface area contributed by atoms with Crippen LogP contribution in [0, 0.1) is 24.2 Å². The van der Waals surface area contributed by atoms with E-state index in [4.69, 9.17) is 5.41 Å². The molecule has 0 amide bonds. The lowest BCUT2D eigenvalue weighted by Gasteiger charge is -1.90. The van der Waals surface area contributed by atoms with E-state index < -0.39 is 0 Å². The summed E-state index contributed by atoms with van der Waals surface area (Å²) >= 11 is 0. The van der Waals surface area contributed by atoms with Crippen LogP contribution in [0.2, 0.25) is 0 Å². The molecule has 0 unspecified atom stereocenters. The highest BCUT2D eigenvalue weighted by Gasteiger charge is 1.86. The van der Waals surface area contributed by atoms with Gasteiger partial charge in [0.15, 0.2) is 0 Å². The van der Waals surface area contributed by atoms with E-state index in [9.17, 15) is 0 Å². The molecular weight excluding hydrogens is 184 g/mol. The van der Waals surface area contributed by atoms with E-state index in [1.807, 2.05) is 31.2 Å². The summed E-state index contributed by atoms with van der Waals surface area (Å²) in [5.74, 6) is 5.57. The first-order valence-electron chi connectivity index (χ1n) is 4.53. The molecule has 2 heteroatoms. The van der Waals surface area contributed by atoms with Gasteiger partial charge < -0.3 is 0 Å². The number of hydrogen-bond acceptors (Lipinski definition) is 2. The van der Waals surface area contributed by atoms with Crippen molar-refractivity contribution in [3.8, 4) is 11.8 Å². The maximum absolute atomic E-state index is 7.41. The highest BCUT2D eigenvalue weighted by atomic mass is 14.7. The first-order valence-corrected chi connectivity index (χ1v) is 4.53. The van der Waals surface area contributed by atoms with Crippen LogP contribution in [-0.2, 0) is 0 Å². The molecule has 0 fully saturated rings. The third kappa shape index (κ3) is 4.06. The van der Waals surface area contributed by atoms with Crippen molar-refractivity contribution in [2.24, 2.45) is 4.99 Å². The van der Waals surface area contributed by atoms with Crippen LogP contribution in [0.1, 0.15) is 11.1 Å². The molecule has 2 nitrogen and oxygen atoms in total. The Labute approximate surface area is 89.9 Å². The van der Waals surface area contributed by atoms with E-state index in [0.717, 1.165) is 5.56 Å². The summed E-state index contributed by atoms with van der Waals surface area (Å²) in [6.45, 7) is 5.44. The van der Waals surface area contributed by atoms with Crippen LogP contribution in [-0.4, -0.2) is 11.9 Å². The summed E-state index contributed by atoms with van der Waals surface area (Å²) in [6.07, 6.45) is 2.75. The predicted molar refractivity (Wildman–Crippen MR) is 64.5 cm³/mol. The SMILES string of the molecule is C=CN=CC(=N)C#Cc1ccc(C)cc1. The Kier molecular flexibility index (Phi) is 4.05. The zero-order valence-electron chi connectivity index (χ0n) is 8.62. The Morgan fingerprint density at radius 1 is 1.40 bits per heavy atom. The van der Waals surface area contributed by atoms with Crippen molar-refractivity contribution in [1.82, 2.24) is 0 Å². The number of aliphatic imine (C=N–C) groups is 1. The van der Waals surface area contributed by atoms with Gasteiger partial charge in [0.05, 0.1) is 6.21 Å². The fraction of sp³-hybridized carbons (Fsp3) is 0.0769. The number of rotatable bonds is 2. The summed E-state index contributed by atoms with van der Waals surface area (Å²) in [7, 11) is 0. The number of nitrogens with zero attached hydrogens (tertiary/aromatic N) is 1. The van der Waals surface area contributed by atoms with E-state index in [2.05, 4.69) is 23.4 Å². The smallest absolute Gasteiger partial charge is 0.123 e. The Hall–Kier alpha value is -2.14. The van der Waals surface area contributed by atoms with Gasteiger partial charge in [-0.3, -0.25) is 10.4 Å². The molecule has 15 heavy (non-hydrogen) atoms. The Balaban J connectivity index is 2.73. The molecule has 0 bridgehead atoms. The Morgan fingerprint density at radius 3 is 2.67 bits per heavy atom. The van der Waals surface area contributed by atoms with Crippen molar-refractivity contribution in [2.75, 3.05) is 0 Å². The minimum atomic E-state index is 0.176. The van der Waals surface area contributed by atoms with E-state index in [0.29, 0.717) is 0 Å². The van der Waals surface area contributed by atoms with Gasteiger partial charge in [-0.25, -0.2) is 0 Å². The first-order chi connectivity index (χ1) is 7.22. The van der Waals surface area contributed by atoms with Crippen molar-refractivity contribution in [3.63, 3.8) is 0 Å². The molecule has 1 rings (SSSR count). The van der Waals surface area contributed by atoms with Gasteiger partial charge in [-0.2, -0.15) is 0 Å². The van der Waals surface area contributed by atoms with Crippen LogP contribution in [0.25, 0.3) is 0 Å². The first kappa shape index (κ1) is 10.9. The topological polar surface area (TPSA) is 36.2 Å². The van der Waals surface area contributed by atoms with Crippen LogP contribution in [0.5, 0.6) is 0 Å². The van der Waals surface area contributed by atoms with Crippen LogP contribution >= 0.6 is 0 Å². The van der Waals surface area contributed by atoms with Gasteiger partial charge in [-0.05, 0) is 25.0 Å². The molecule has 0 aliphatic heterocycles. The lowest BCUT2D eigenvalue weighted by atomic mass is 10.1. The molecule has 0 saturated carbocycles. The lowest BCUT2D eigenvalue weighted by molar-refractivity contribution is 1.46. The predicted octanol–water partition coefficient (Wildman–Crippen LogP) is 2.58. The quantitative estimate of drug-likeness (QED) is 0.557. The van der Waals surface area contributed by atoms with E-state index >= 15 is 0 Å². The van der Waals surface area contributed by atoms with E-state index in [1.165, 1.54) is 18.0 Å². The number of benzene rings is 1. The molecule has 0 heterocycles. The van der Waals surface area contributed by atoms with Gasteiger partial charge >= 0.3 is 0 Å². The highest BCUT2D eigenvalue weighted by Crippen LogP contribution is 2.00. The van der Waals surface area contributed by atoms with Gasteiger partial charge in [-0.15, -0.1) is 0 Å². The minimum Gasteiger partial charge on any atom is -0.291 e. The van der Waals surface area contributed by atoms with Crippen LogP contribution < -0.4 is 0 Å². The van der Waals surface area contributed by atoms with Gasteiger partial charge in [0.1, 0.15) is 5.71 Å². The second kappa shape index (κ2) is 5.56. The van der Waals surface area contributed by atoms with Crippen molar-refractivity contribution in [2.45, 2.75) is 6.92 Å². The maximum atomic E-state index is 7.41. The summed E-state index contributed by atoms with van der Waals surface area (Å²) in [5.41, 5.74) is 2.27. The molecule has 0 aliphatic rings. The molecule has 1 N–H and O–H groups in total. The van der Waals surface area contributed by atoms with Gasteiger partial charge in [0, 0.05) is 11.8 Å². The summed E-state index contributed by atoms with van der Waals surface area (Å²) in [4.78, 5) is 3.71. The van der Waals surface area contributed by atoms with Crippen LogP contribution in [0.15, 0.2) is 42.0 Å². The average molecular weight is 196 g/mol. The number of hydrogen-bond donors (Lipinski definition) is 1. The molecule has 0 atom stereocenters. The monoisotopic (exact) mass is 196 g/mol. The summed E-state index contributed by atoms with van der Waals surface area (Å²) in [6, 6.07) is 7.84. The lowest BCUT2D eigenvalue weighted by Crippen LogP contribution is -1.91. The van der Waals surface area contributed by atoms with E-state index in [1.54, 1.807) is 0 Å². The third-order valence-corrected chi connectivity index (χ3v) is 1.70. The number of aryl methyl sites for hydroxylation is 1. The third-order valence-electron chi connectivity index (χ3n) is 1.70.